The second kappa shape index (κ2) is 5.98. The van der Waals surface area contributed by atoms with Crippen molar-refractivity contribution in [3.63, 3.8) is 0 Å². The molecule has 0 aliphatic carbocycles. The van der Waals surface area contributed by atoms with Crippen LogP contribution in [-0.4, -0.2) is 29.3 Å². The van der Waals surface area contributed by atoms with E-state index in [0.29, 0.717) is 18.3 Å². The third-order valence-electron chi connectivity index (χ3n) is 4.40. The van der Waals surface area contributed by atoms with Gasteiger partial charge in [0, 0.05) is 0 Å². The van der Waals surface area contributed by atoms with E-state index in [1.165, 1.54) is 0 Å². The topological polar surface area (TPSA) is 76.1 Å². The third kappa shape index (κ3) is 2.59. The zero-order chi connectivity index (χ0) is 17.6. The van der Waals surface area contributed by atoms with Crippen molar-refractivity contribution in [2.45, 2.75) is 32.7 Å². The number of hydrogen-bond donors (Lipinski definition) is 2. The van der Waals surface area contributed by atoms with Gasteiger partial charge in [-0.3, -0.25) is 0 Å². The Bertz CT molecular complexity index is 962. The van der Waals surface area contributed by atoms with Gasteiger partial charge in [0.15, 0.2) is 0 Å². The van der Waals surface area contributed by atoms with Crippen molar-refractivity contribution in [1.82, 2.24) is 19.1 Å². The van der Waals surface area contributed by atoms with Crippen molar-refractivity contribution >= 4 is 22.1 Å². The summed E-state index contributed by atoms with van der Waals surface area (Å²) in [7, 11) is 0. The predicted octanol–water partition coefficient (Wildman–Crippen LogP) is 3.00. The lowest BCUT2D eigenvalue weighted by Crippen LogP contribution is -2.16. The fraction of sp³-hybridized carbons (Fsp3) is 0.263. The lowest BCUT2D eigenvalue weighted by molar-refractivity contribution is 0.177. The highest BCUT2D eigenvalue weighted by molar-refractivity contribution is 5.77. The summed E-state index contributed by atoms with van der Waals surface area (Å²) in [6.45, 7) is 3.83. The Balaban J connectivity index is 1.94. The van der Waals surface area contributed by atoms with Crippen LogP contribution in [0.25, 0.3) is 22.1 Å². The Labute approximate surface area is 145 Å². The Morgan fingerprint density at radius 3 is 1.56 bits per heavy atom. The molecule has 2 atom stereocenters. The van der Waals surface area contributed by atoms with E-state index < -0.39 is 12.2 Å². The summed E-state index contributed by atoms with van der Waals surface area (Å²) in [5.74, 6) is 1.19. The molecule has 0 aliphatic heterocycles. The van der Waals surface area contributed by atoms with E-state index >= 15 is 0 Å². The highest BCUT2D eigenvalue weighted by Crippen LogP contribution is 2.25. The molecule has 0 aliphatic rings. The number of imidazole rings is 2. The van der Waals surface area contributed by atoms with Crippen LogP contribution in [0.5, 0.6) is 0 Å². The van der Waals surface area contributed by atoms with Crippen molar-refractivity contribution in [3.05, 3.63) is 60.2 Å². The summed E-state index contributed by atoms with van der Waals surface area (Å²) >= 11 is 0. The number of para-hydroxylation sites is 4. The van der Waals surface area contributed by atoms with Crippen LogP contribution >= 0.6 is 0 Å². The number of fused-ring (bicyclic) bond motifs is 2. The van der Waals surface area contributed by atoms with E-state index in [9.17, 15) is 10.2 Å². The minimum atomic E-state index is -0.697. The molecule has 0 spiro atoms. The first-order chi connectivity index (χ1) is 12.1. The monoisotopic (exact) mass is 336 g/mol. The zero-order valence-corrected chi connectivity index (χ0v) is 14.2. The van der Waals surface area contributed by atoms with Crippen molar-refractivity contribution in [2.75, 3.05) is 0 Å². The first-order valence-corrected chi connectivity index (χ1v) is 8.32. The van der Waals surface area contributed by atoms with Crippen molar-refractivity contribution in [3.8, 4) is 0 Å². The number of aliphatic hydroxyl groups excluding tert-OH is 2. The fourth-order valence-corrected chi connectivity index (χ4v) is 3.26. The minimum Gasteiger partial charge on any atom is -0.385 e. The number of aromatic nitrogens is 4. The lowest BCUT2D eigenvalue weighted by atomic mass is 10.3. The molecule has 2 unspecified atom stereocenters. The van der Waals surface area contributed by atoms with E-state index in [1.807, 2.05) is 57.7 Å². The quantitative estimate of drug-likeness (QED) is 0.601. The van der Waals surface area contributed by atoms with Gasteiger partial charge in [0.1, 0.15) is 30.5 Å². The van der Waals surface area contributed by atoms with Gasteiger partial charge in [-0.2, -0.15) is 0 Å². The number of hydrogen-bond acceptors (Lipinski definition) is 4. The SMILES string of the molecule is CC(O)c1nc2ccccc2n1Cn1c(C(C)O)nc2ccccc21. The van der Waals surface area contributed by atoms with Gasteiger partial charge in [-0.25, -0.2) is 9.97 Å². The van der Waals surface area contributed by atoms with Gasteiger partial charge in [-0.05, 0) is 38.1 Å². The Morgan fingerprint density at radius 2 is 1.16 bits per heavy atom. The first-order valence-electron chi connectivity index (χ1n) is 8.32. The van der Waals surface area contributed by atoms with E-state index in [1.54, 1.807) is 13.8 Å². The lowest BCUT2D eigenvalue weighted by Gasteiger charge is -2.16. The number of nitrogens with zero attached hydrogens (tertiary/aromatic N) is 4. The summed E-state index contributed by atoms with van der Waals surface area (Å²) in [5.41, 5.74) is 3.54. The van der Waals surface area contributed by atoms with Gasteiger partial charge >= 0.3 is 0 Å². The molecular formula is C19H20N4O2. The standard InChI is InChI=1S/C19H20N4O2/c1-12(24)18-20-14-7-3-5-9-16(14)22(18)11-23-17-10-6-4-8-15(17)21-19(23)13(2)25/h3-10,12-13,24-25H,11H2,1-2H3. The maximum Gasteiger partial charge on any atom is 0.140 e. The molecule has 0 radical (unpaired) electrons. The molecule has 6 heteroatoms. The van der Waals surface area contributed by atoms with Crippen LogP contribution in [0.2, 0.25) is 0 Å². The van der Waals surface area contributed by atoms with E-state index in [4.69, 9.17) is 0 Å². The van der Waals surface area contributed by atoms with Gasteiger partial charge in [-0.15, -0.1) is 0 Å². The largest absolute Gasteiger partial charge is 0.385 e. The molecule has 0 saturated carbocycles. The number of aliphatic hydroxyl groups is 2. The number of benzene rings is 2. The molecule has 4 aromatic rings. The zero-order valence-electron chi connectivity index (χ0n) is 14.2. The average molecular weight is 336 g/mol. The van der Waals surface area contributed by atoms with Crippen LogP contribution in [0.1, 0.15) is 37.7 Å². The maximum atomic E-state index is 10.2. The minimum absolute atomic E-state index is 0.418. The van der Waals surface area contributed by atoms with Gasteiger partial charge in [0.2, 0.25) is 0 Å². The maximum absolute atomic E-state index is 10.2. The van der Waals surface area contributed by atoms with Crippen molar-refractivity contribution in [2.24, 2.45) is 0 Å². The highest BCUT2D eigenvalue weighted by Gasteiger charge is 2.19. The number of rotatable bonds is 4. The average Bonchev–Trinajstić information content (AvgIpc) is 3.15. The van der Waals surface area contributed by atoms with Crippen LogP contribution < -0.4 is 0 Å². The fourth-order valence-electron chi connectivity index (χ4n) is 3.26. The molecule has 0 fully saturated rings. The molecule has 128 valence electrons. The molecule has 2 aromatic heterocycles. The van der Waals surface area contributed by atoms with E-state index in [-0.39, 0.29) is 0 Å². The normalized spacial score (nSPS) is 14.2. The van der Waals surface area contributed by atoms with Gasteiger partial charge < -0.3 is 19.3 Å². The first kappa shape index (κ1) is 15.8. The van der Waals surface area contributed by atoms with Gasteiger partial charge in [-0.1, -0.05) is 24.3 Å². The van der Waals surface area contributed by atoms with Crippen LogP contribution in [0.3, 0.4) is 0 Å². The van der Waals surface area contributed by atoms with Gasteiger partial charge in [0.25, 0.3) is 0 Å². The summed E-state index contributed by atoms with van der Waals surface area (Å²) < 4.78 is 3.94. The smallest absolute Gasteiger partial charge is 0.140 e. The predicted molar refractivity (Wildman–Crippen MR) is 96.1 cm³/mol. The molecule has 6 nitrogen and oxygen atoms in total. The second-order valence-corrected chi connectivity index (χ2v) is 6.27. The highest BCUT2D eigenvalue weighted by atomic mass is 16.3. The van der Waals surface area contributed by atoms with E-state index in [0.717, 1.165) is 22.1 Å². The molecule has 0 saturated heterocycles. The molecular weight excluding hydrogens is 316 g/mol. The van der Waals surface area contributed by atoms with Crippen molar-refractivity contribution < 1.29 is 10.2 Å². The molecule has 2 aromatic carbocycles. The van der Waals surface area contributed by atoms with Crippen LogP contribution in [-0.2, 0) is 6.67 Å². The molecule has 2 N–H and O–H groups in total. The molecule has 0 amide bonds. The van der Waals surface area contributed by atoms with Crippen LogP contribution in [0, 0.1) is 0 Å². The van der Waals surface area contributed by atoms with E-state index in [2.05, 4.69) is 9.97 Å². The Morgan fingerprint density at radius 1 is 0.760 bits per heavy atom. The summed E-state index contributed by atoms with van der Waals surface area (Å²) in [4.78, 5) is 9.13. The molecule has 4 rings (SSSR count). The molecule has 25 heavy (non-hydrogen) atoms. The van der Waals surface area contributed by atoms with Gasteiger partial charge in [0.05, 0.1) is 22.1 Å². The second-order valence-electron chi connectivity index (χ2n) is 6.27. The third-order valence-corrected chi connectivity index (χ3v) is 4.40. The summed E-state index contributed by atoms with van der Waals surface area (Å²) in [6.07, 6.45) is -1.39. The van der Waals surface area contributed by atoms with Crippen LogP contribution in [0.15, 0.2) is 48.5 Å². The van der Waals surface area contributed by atoms with Crippen LogP contribution in [0.4, 0.5) is 0 Å². The summed E-state index contributed by atoms with van der Waals surface area (Å²) in [5, 5.41) is 20.3. The Hall–Kier alpha value is -2.70. The molecule has 0 bridgehead atoms. The van der Waals surface area contributed by atoms with Crippen molar-refractivity contribution in [1.29, 1.82) is 0 Å². The summed E-state index contributed by atoms with van der Waals surface area (Å²) in [6, 6.07) is 15.6. The Kier molecular flexibility index (Phi) is 3.78. The molecule has 2 heterocycles.